The Morgan fingerprint density at radius 2 is 1.80 bits per heavy atom. The molecule has 0 unspecified atom stereocenters. The third kappa shape index (κ3) is 5.09. The lowest BCUT2D eigenvalue weighted by molar-refractivity contribution is -0.122. The minimum atomic E-state index is -3.65. The van der Waals surface area contributed by atoms with Crippen LogP contribution < -0.4 is 14.3 Å². The van der Waals surface area contributed by atoms with Crippen LogP contribution in [0.3, 0.4) is 0 Å². The summed E-state index contributed by atoms with van der Waals surface area (Å²) in [5.41, 5.74) is 0.793. The average molecular weight is 534 g/mol. The highest BCUT2D eigenvalue weighted by molar-refractivity contribution is 7.89. The Bertz CT molecular complexity index is 1460. The second-order valence-electron chi connectivity index (χ2n) is 7.93. The van der Waals surface area contributed by atoms with Gasteiger partial charge in [-0.2, -0.15) is 9.30 Å². The summed E-state index contributed by atoms with van der Waals surface area (Å²) in [6, 6.07) is 9.71. The van der Waals surface area contributed by atoms with Crippen LogP contribution in [0.2, 0.25) is 5.02 Å². The van der Waals surface area contributed by atoms with Crippen molar-refractivity contribution in [1.29, 1.82) is 0 Å². The first-order valence-electron chi connectivity index (χ1n) is 10.8. The van der Waals surface area contributed by atoms with Gasteiger partial charge in [-0.05, 0) is 37.1 Å². The third-order valence-corrected chi connectivity index (χ3v) is 9.10. The molecule has 0 saturated carbocycles. The van der Waals surface area contributed by atoms with Crippen LogP contribution in [0.25, 0.3) is 10.2 Å². The van der Waals surface area contributed by atoms with Crippen molar-refractivity contribution in [3.63, 3.8) is 0 Å². The summed E-state index contributed by atoms with van der Waals surface area (Å²) in [6.45, 7) is 0.712. The lowest BCUT2D eigenvalue weighted by atomic mass is 9.98. The van der Waals surface area contributed by atoms with Crippen molar-refractivity contribution in [2.24, 2.45) is 10.9 Å². The minimum Gasteiger partial charge on any atom is -0.493 e. The van der Waals surface area contributed by atoms with Crippen molar-refractivity contribution < 1.29 is 22.7 Å². The molecule has 35 heavy (non-hydrogen) atoms. The summed E-state index contributed by atoms with van der Waals surface area (Å²) in [7, 11) is -0.539. The van der Waals surface area contributed by atoms with Crippen LogP contribution in [-0.2, 0) is 21.4 Å². The van der Waals surface area contributed by atoms with E-state index in [9.17, 15) is 13.2 Å². The number of hydrogen-bond donors (Lipinski definition) is 0. The van der Waals surface area contributed by atoms with E-state index in [-0.39, 0.29) is 36.4 Å². The molecule has 184 valence electrons. The number of fused-ring (bicyclic) bond motifs is 1. The summed E-state index contributed by atoms with van der Waals surface area (Å²) in [5, 5.41) is 0.468. The molecule has 2 aromatic carbocycles. The van der Waals surface area contributed by atoms with Crippen LogP contribution in [0, 0.1) is 18.3 Å². The maximum absolute atomic E-state index is 13.1. The van der Waals surface area contributed by atoms with Gasteiger partial charge in [-0.3, -0.25) is 4.79 Å². The van der Waals surface area contributed by atoms with Gasteiger partial charge in [-0.1, -0.05) is 28.9 Å². The molecule has 0 radical (unpaired) electrons. The molecule has 1 aliphatic heterocycles. The number of halogens is 1. The van der Waals surface area contributed by atoms with E-state index in [1.165, 1.54) is 27.8 Å². The van der Waals surface area contributed by atoms with E-state index in [1.807, 2.05) is 12.1 Å². The Morgan fingerprint density at radius 3 is 2.40 bits per heavy atom. The zero-order valence-electron chi connectivity index (χ0n) is 19.2. The molecule has 0 aliphatic carbocycles. The Hall–Kier alpha value is -2.84. The van der Waals surface area contributed by atoms with E-state index in [2.05, 4.69) is 10.9 Å². The number of sulfonamides is 1. The van der Waals surface area contributed by atoms with Gasteiger partial charge >= 0.3 is 0 Å². The van der Waals surface area contributed by atoms with Gasteiger partial charge in [0.1, 0.15) is 0 Å². The van der Waals surface area contributed by atoms with Crippen molar-refractivity contribution in [1.82, 2.24) is 8.87 Å². The fourth-order valence-corrected chi connectivity index (χ4v) is 6.65. The number of nitrogens with zero attached hydrogens (tertiary/aromatic N) is 3. The number of terminal acetylenes is 1. The van der Waals surface area contributed by atoms with Gasteiger partial charge in [0, 0.05) is 36.2 Å². The van der Waals surface area contributed by atoms with Gasteiger partial charge < -0.3 is 14.0 Å². The van der Waals surface area contributed by atoms with Crippen molar-refractivity contribution >= 4 is 49.1 Å². The minimum absolute atomic E-state index is 0.183. The number of amides is 1. The third-order valence-electron chi connectivity index (χ3n) is 5.90. The first kappa shape index (κ1) is 25.3. The van der Waals surface area contributed by atoms with Crippen LogP contribution >= 0.6 is 22.9 Å². The Labute approximate surface area is 212 Å². The van der Waals surface area contributed by atoms with Crippen LogP contribution in [0.15, 0.2) is 46.3 Å². The van der Waals surface area contributed by atoms with Crippen LogP contribution in [-0.4, -0.2) is 50.5 Å². The smallest absolute Gasteiger partial charge is 0.251 e. The zero-order valence-corrected chi connectivity index (χ0v) is 21.6. The quantitative estimate of drug-likeness (QED) is 0.452. The van der Waals surface area contributed by atoms with Crippen LogP contribution in [0.4, 0.5) is 0 Å². The van der Waals surface area contributed by atoms with E-state index >= 15 is 0 Å². The largest absolute Gasteiger partial charge is 0.493 e. The van der Waals surface area contributed by atoms with Crippen molar-refractivity contribution in [2.45, 2.75) is 24.3 Å². The maximum atomic E-state index is 13.1. The lowest BCUT2D eigenvalue weighted by Crippen LogP contribution is -2.40. The molecule has 3 aromatic rings. The molecule has 1 aromatic heterocycles. The fraction of sp³-hybridized carbons (Fsp3) is 0.333. The topological polar surface area (TPSA) is 90.2 Å². The van der Waals surface area contributed by atoms with E-state index < -0.39 is 10.0 Å². The molecule has 1 saturated heterocycles. The van der Waals surface area contributed by atoms with Crippen LogP contribution in [0.5, 0.6) is 11.5 Å². The number of rotatable bonds is 6. The molecule has 0 bridgehead atoms. The van der Waals surface area contributed by atoms with Gasteiger partial charge in [-0.25, -0.2) is 8.42 Å². The molecule has 1 aliphatic rings. The molecule has 1 amide bonds. The molecule has 0 N–H and O–H groups in total. The number of benzene rings is 2. The molecule has 8 nitrogen and oxygen atoms in total. The summed E-state index contributed by atoms with van der Waals surface area (Å²) in [5.74, 6) is 3.07. The molecule has 0 spiro atoms. The standard InChI is InChI=1S/C24H24ClN3O5S2/c1-4-11-28-19-14-20(32-2)21(33-3)15-22(19)34-24(28)26-23(29)16-9-12-27(13-10-16)35(30,31)18-7-5-17(25)6-8-18/h1,5-8,14-16H,9-13H2,2-3H3. The number of carbonyl (C=O) groups excluding carboxylic acids is 1. The van der Waals surface area contributed by atoms with Gasteiger partial charge in [0.05, 0.1) is 35.9 Å². The molecular formula is C24H24ClN3O5S2. The molecule has 2 heterocycles. The lowest BCUT2D eigenvalue weighted by Gasteiger charge is -2.29. The Balaban J connectivity index is 1.57. The van der Waals surface area contributed by atoms with Gasteiger partial charge in [0.2, 0.25) is 10.0 Å². The fourth-order valence-electron chi connectivity index (χ4n) is 4.01. The first-order chi connectivity index (χ1) is 16.8. The second-order valence-corrected chi connectivity index (χ2v) is 11.3. The first-order valence-corrected chi connectivity index (χ1v) is 13.4. The summed E-state index contributed by atoms with van der Waals surface area (Å²) in [4.78, 5) is 18.1. The normalized spacial score (nSPS) is 15.8. The number of ether oxygens (including phenoxy) is 2. The average Bonchev–Trinajstić information content (AvgIpc) is 3.19. The molecule has 1 fully saturated rings. The van der Waals surface area contributed by atoms with Crippen molar-refractivity contribution in [3.8, 4) is 23.8 Å². The van der Waals surface area contributed by atoms with Crippen molar-refractivity contribution in [3.05, 3.63) is 46.2 Å². The number of thiazole rings is 1. The number of piperidine rings is 1. The zero-order chi connectivity index (χ0) is 25.2. The van der Waals surface area contributed by atoms with E-state index in [0.717, 1.165) is 10.2 Å². The summed E-state index contributed by atoms with van der Waals surface area (Å²) >= 11 is 7.21. The summed E-state index contributed by atoms with van der Waals surface area (Å²) < 4.78 is 40.7. The van der Waals surface area contributed by atoms with E-state index in [1.54, 1.807) is 30.9 Å². The van der Waals surface area contributed by atoms with Gasteiger partial charge in [0.15, 0.2) is 16.3 Å². The second kappa shape index (κ2) is 10.4. The Kier molecular flexibility index (Phi) is 7.52. The SMILES string of the molecule is C#CCn1c(=NC(=O)C2CCN(S(=O)(=O)c3ccc(Cl)cc3)CC2)sc2cc(OC)c(OC)cc21. The molecular weight excluding hydrogens is 510 g/mol. The van der Waals surface area contributed by atoms with E-state index in [0.29, 0.717) is 34.2 Å². The summed E-state index contributed by atoms with van der Waals surface area (Å²) in [6.07, 6.45) is 6.35. The predicted octanol–water partition coefficient (Wildman–Crippen LogP) is 3.53. The van der Waals surface area contributed by atoms with Gasteiger partial charge in [-0.15, -0.1) is 6.42 Å². The number of carbonyl (C=O) groups is 1. The van der Waals surface area contributed by atoms with Crippen molar-refractivity contribution in [2.75, 3.05) is 27.3 Å². The highest BCUT2D eigenvalue weighted by Crippen LogP contribution is 2.33. The highest BCUT2D eigenvalue weighted by atomic mass is 35.5. The maximum Gasteiger partial charge on any atom is 0.251 e. The highest BCUT2D eigenvalue weighted by Gasteiger charge is 2.32. The molecule has 0 atom stereocenters. The van der Waals surface area contributed by atoms with Crippen LogP contribution in [0.1, 0.15) is 12.8 Å². The molecule has 11 heteroatoms. The van der Waals surface area contributed by atoms with E-state index in [4.69, 9.17) is 27.5 Å². The number of aromatic nitrogens is 1. The Morgan fingerprint density at radius 1 is 1.17 bits per heavy atom. The molecule has 4 rings (SSSR count). The predicted molar refractivity (Wildman–Crippen MR) is 135 cm³/mol. The number of hydrogen-bond acceptors (Lipinski definition) is 6. The number of methoxy groups -OCH3 is 2. The monoisotopic (exact) mass is 533 g/mol. The van der Waals surface area contributed by atoms with Gasteiger partial charge in [0.25, 0.3) is 5.91 Å².